The van der Waals surface area contributed by atoms with Crippen LogP contribution in [0.1, 0.15) is 26.3 Å². The van der Waals surface area contributed by atoms with Gasteiger partial charge in [0.1, 0.15) is 11.4 Å². The Labute approximate surface area is 123 Å². The van der Waals surface area contributed by atoms with Crippen LogP contribution in [0.5, 0.6) is 0 Å². The molecule has 0 aliphatic rings. The number of likely N-dealkylation sites (N-methyl/N-ethyl adjacent to an activating group) is 1. The molecular weight excluding hydrogens is 275 g/mol. The number of halogens is 1. The molecule has 0 aromatic heterocycles. The molecule has 0 radical (unpaired) electrons. The molecule has 0 unspecified atom stereocenters. The van der Waals surface area contributed by atoms with Crippen molar-refractivity contribution < 1.29 is 19.1 Å². The van der Waals surface area contributed by atoms with Gasteiger partial charge in [-0.25, -0.2) is 4.39 Å². The number of amides is 1. The van der Waals surface area contributed by atoms with E-state index in [0.29, 0.717) is 6.54 Å². The molecule has 0 aliphatic heterocycles. The zero-order valence-electron chi connectivity index (χ0n) is 12.5. The second kappa shape index (κ2) is 7.17. The van der Waals surface area contributed by atoms with E-state index in [1.807, 2.05) is 0 Å². The Kier molecular flexibility index (Phi) is 5.84. The maximum Gasteiger partial charge on any atom is 0.323 e. The van der Waals surface area contributed by atoms with Crippen LogP contribution in [0.15, 0.2) is 24.3 Å². The monoisotopic (exact) mass is 296 g/mol. The van der Waals surface area contributed by atoms with Crippen molar-refractivity contribution in [2.75, 3.05) is 13.1 Å². The molecule has 116 valence electrons. The summed E-state index contributed by atoms with van der Waals surface area (Å²) in [6, 6.07) is 5.84. The molecule has 0 aliphatic carbocycles. The number of carbonyl (C=O) groups is 2. The fourth-order valence-corrected chi connectivity index (χ4v) is 1.87. The van der Waals surface area contributed by atoms with Crippen LogP contribution >= 0.6 is 0 Å². The smallest absolute Gasteiger partial charge is 0.323 e. The van der Waals surface area contributed by atoms with Gasteiger partial charge in [-0.1, -0.05) is 19.1 Å². The summed E-state index contributed by atoms with van der Waals surface area (Å²) in [5.41, 5.74) is -0.326. The standard InChI is InChI=1S/C15H21FN2O3/c1-4-18(15(2,3)14(20)21)10-13(19)17-9-11-5-7-12(16)8-6-11/h5-8H,4,9-10H2,1-3H3,(H,17,19)(H,20,21). The summed E-state index contributed by atoms with van der Waals surface area (Å²) in [5.74, 6) is -1.57. The van der Waals surface area contributed by atoms with E-state index >= 15 is 0 Å². The van der Waals surface area contributed by atoms with Crippen LogP contribution in [-0.4, -0.2) is 40.5 Å². The lowest BCUT2D eigenvalue weighted by atomic mass is 10.0. The summed E-state index contributed by atoms with van der Waals surface area (Å²) in [6.45, 7) is 5.65. The molecule has 0 heterocycles. The lowest BCUT2D eigenvalue weighted by Gasteiger charge is -2.33. The molecule has 1 aromatic rings. The Morgan fingerprint density at radius 2 is 1.86 bits per heavy atom. The first-order chi connectivity index (χ1) is 9.77. The van der Waals surface area contributed by atoms with Gasteiger partial charge < -0.3 is 10.4 Å². The highest BCUT2D eigenvalue weighted by molar-refractivity contribution is 5.81. The molecule has 0 saturated heterocycles. The van der Waals surface area contributed by atoms with Gasteiger partial charge in [-0.05, 0) is 38.1 Å². The highest BCUT2D eigenvalue weighted by Crippen LogP contribution is 2.13. The second-order valence-corrected chi connectivity index (χ2v) is 5.28. The second-order valence-electron chi connectivity index (χ2n) is 5.28. The van der Waals surface area contributed by atoms with E-state index in [1.165, 1.54) is 12.1 Å². The summed E-state index contributed by atoms with van der Waals surface area (Å²) in [6.07, 6.45) is 0. The summed E-state index contributed by atoms with van der Waals surface area (Å²) in [7, 11) is 0. The van der Waals surface area contributed by atoms with Crippen LogP contribution in [0.4, 0.5) is 4.39 Å². The third-order valence-corrected chi connectivity index (χ3v) is 3.43. The molecular formula is C15H21FN2O3. The summed E-state index contributed by atoms with van der Waals surface area (Å²) in [5, 5.41) is 11.9. The van der Waals surface area contributed by atoms with Gasteiger partial charge in [0.15, 0.2) is 0 Å². The average molecular weight is 296 g/mol. The van der Waals surface area contributed by atoms with E-state index in [-0.39, 0.29) is 24.8 Å². The molecule has 21 heavy (non-hydrogen) atoms. The Morgan fingerprint density at radius 1 is 1.29 bits per heavy atom. The minimum absolute atomic E-state index is 0.00298. The zero-order chi connectivity index (χ0) is 16.0. The molecule has 0 fully saturated rings. The molecule has 1 amide bonds. The first-order valence-corrected chi connectivity index (χ1v) is 6.77. The Balaban J connectivity index is 2.56. The quantitative estimate of drug-likeness (QED) is 0.802. The minimum Gasteiger partial charge on any atom is -0.480 e. The number of carboxylic acid groups (broad SMARTS) is 1. The normalized spacial score (nSPS) is 11.5. The zero-order valence-corrected chi connectivity index (χ0v) is 12.5. The van der Waals surface area contributed by atoms with Crippen LogP contribution in [0, 0.1) is 5.82 Å². The molecule has 6 heteroatoms. The fourth-order valence-electron chi connectivity index (χ4n) is 1.87. The van der Waals surface area contributed by atoms with Crippen molar-refractivity contribution in [2.24, 2.45) is 0 Å². The third kappa shape index (κ3) is 4.82. The van der Waals surface area contributed by atoms with E-state index in [1.54, 1.807) is 37.8 Å². The summed E-state index contributed by atoms with van der Waals surface area (Å²) in [4.78, 5) is 24.7. The van der Waals surface area contributed by atoms with E-state index < -0.39 is 11.5 Å². The lowest BCUT2D eigenvalue weighted by Crippen LogP contribution is -2.53. The SMILES string of the molecule is CCN(CC(=O)NCc1ccc(F)cc1)C(C)(C)C(=O)O. The number of nitrogens with one attached hydrogen (secondary N) is 1. The minimum atomic E-state index is -1.11. The number of hydrogen-bond acceptors (Lipinski definition) is 3. The number of carbonyl (C=O) groups excluding carboxylic acids is 1. The van der Waals surface area contributed by atoms with Crippen molar-refractivity contribution in [3.8, 4) is 0 Å². The van der Waals surface area contributed by atoms with Crippen LogP contribution in [-0.2, 0) is 16.1 Å². The van der Waals surface area contributed by atoms with Gasteiger partial charge in [0.05, 0.1) is 6.54 Å². The van der Waals surface area contributed by atoms with Crippen molar-refractivity contribution in [3.63, 3.8) is 0 Å². The molecule has 1 aromatic carbocycles. The predicted octanol–water partition coefficient (Wildman–Crippen LogP) is 1.63. The highest BCUT2D eigenvalue weighted by Gasteiger charge is 2.34. The molecule has 0 atom stereocenters. The van der Waals surface area contributed by atoms with Gasteiger partial charge in [-0.15, -0.1) is 0 Å². The van der Waals surface area contributed by atoms with E-state index in [2.05, 4.69) is 5.32 Å². The topological polar surface area (TPSA) is 69.6 Å². The van der Waals surface area contributed by atoms with Crippen LogP contribution in [0.2, 0.25) is 0 Å². The molecule has 0 spiro atoms. The molecule has 2 N–H and O–H groups in total. The number of nitrogens with zero attached hydrogens (tertiary/aromatic N) is 1. The number of aliphatic carboxylic acids is 1. The molecule has 1 rings (SSSR count). The largest absolute Gasteiger partial charge is 0.480 e. The maximum atomic E-state index is 12.8. The van der Waals surface area contributed by atoms with Crippen molar-refractivity contribution in [3.05, 3.63) is 35.6 Å². The van der Waals surface area contributed by atoms with Gasteiger partial charge in [-0.3, -0.25) is 14.5 Å². The number of rotatable bonds is 7. The lowest BCUT2D eigenvalue weighted by molar-refractivity contribution is -0.150. The first-order valence-electron chi connectivity index (χ1n) is 6.77. The van der Waals surface area contributed by atoms with Crippen LogP contribution < -0.4 is 5.32 Å². The molecule has 0 saturated carbocycles. The van der Waals surface area contributed by atoms with Crippen molar-refractivity contribution in [2.45, 2.75) is 32.9 Å². The van der Waals surface area contributed by atoms with Crippen LogP contribution in [0.3, 0.4) is 0 Å². The Hall–Kier alpha value is -1.95. The molecule has 5 nitrogen and oxygen atoms in total. The van der Waals surface area contributed by atoms with Gasteiger partial charge >= 0.3 is 5.97 Å². The van der Waals surface area contributed by atoms with Gasteiger partial charge in [0, 0.05) is 6.54 Å². The van der Waals surface area contributed by atoms with Crippen molar-refractivity contribution >= 4 is 11.9 Å². The van der Waals surface area contributed by atoms with E-state index in [4.69, 9.17) is 0 Å². The highest BCUT2D eigenvalue weighted by atomic mass is 19.1. The molecule has 0 bridgehead atoms. The number of benzene rings is 1. The van der Waals surface area contributed by atoms with E-state index in [0.717, 1.165) is 5.56 Å². The average Bonchev–Trinajstić information content (AvgIpc) is 2.43. The summed E-state index contributed by atoms with van der Waals surface area (Å²) >= 11 is 0. The van der Waals surface area contributed by atoms with E-state index in [9.17, 15) is 19.1 Å². The van der Waals surface area contributed by atoms with Crippen LogP contribution in [0.25, 0.3) is 0 Å². The Morgan fingerprint density at radius 3 is 2.33 bits per heavy atom. The Bertz CT molecular complexity index is 500. The van der Waals surface area contributed by atoms with Gasteiger partial charge in [-0.2, -0.15) is 0 Å². The predicted molar refractivity (Wildman–Crippen MR) is 77.2 cm³/mol. The third-order valence-electron chi connectivity index (χ3n) is 3.43. The van der Waals surface area contributed by atoms with Crippen molar-refractivity contribution in [1.82, 2.24) is 10.2 Å². The first kappa shape index (κ1) is 17.1. The fraction of sp³-hybridized carbons (Fsp3) is 0.467. The van der Waals surface area contributed by atoms with Gasteiger partial charge in [0.2, 0.25) is 5.91 Å². The number of hydrogen-bond donors (Lipinski definition) is 2. The summed E-state index contributed by atoms with van der Waals surface area (Å²) < 4.78 is 12.8. The van der Waals surface area contributed by atoms with Gasteiger partial charge in [0.25, 0.3) is 0 Å². The number of carboxylic acids is 1. The maximum absolute atomic E-state index is 12.8. The van der Waals surface area contributed by atoms with Crippen molar-refractivity contribution in [1.29, 1.82) is 0 Å².